The fourth-order valence-corrected chi connectivity index (χ4v) is 1.81. The number of carbonyl (C=O) groups excluding carboxylic acids is 1. The lowest BCUT2D eigenvalue weighted by Crippen LogP contribution is -2.24. The first kappa shape index (κ1) is 11.8. The van der Waals surface area contributed by atoms with Gasteiger partial charge in [-0.15, -0.1) is 0 Å². The molecule has 92 valence electrons. The van der Waals surface area contributed by atoms with Gasteiger partial charge < -0.3 is 15.2 Å². The standard InChI is InChI=1S/C11H11F2NO3/c1-16-11(15)7-3-8(12)9(13)6-2-5(4-14)17-10(6)7/h3,5H,2,4,14H2,1H3. The van der Waals surface area contributed by atoms with Crippen molar-refractivity contribution >= 4 is 5.97 Å². The molecule has 0 radical (unpaired) electrons. The molecule has 6 heteroatoms. The van der Waals surface area contributed by atoms with Crippen molar-refractivity contribution < 1.29 is 23.0 Å². The van der Waals surface area contributed by atoms with E-state index in [0.29, 0.717) is 0 Å². The molecule has 1 atom stereocenters. The van der Waals surface area contributed by atoms with Gasteiger partial charge in [-0.3, -0.25) is 0 Å². The number of halogens is 2. The molecule has 1 aromatic rings. The van der Waals surface area contributed by atoms with Gasteiger partial charge in [-0.25, -0.2) is 13.6 Å². The van der Waals surface area contributed by atoms with E-state index in [1.807, 2.05) is 0 Å². The average molecular weight is 243 g/mol. The van der Waals surface area contributed by atoms with E-state index < -0.39 is 23.7 Å². The lowest BCUT2D eigenvalue weighted by atomic mass is 10.0. The fourth-order valence-electron chi connectivity index (χ4n) is 1.81. The Balaban J connectivity index is 2.54. The predicted octanol–water partition coefficient (Wildman–Crippen LogP) is 1.01. The zero-order chi connectivity index (χ0) is 12.6. The summed E-state index contributed by atoms with van der Waals surface area (Å²) in [4.78, 5) is 11.4. The van der Waals surface area contributed by atoms with Crippen LogP contribution in [0.4, 0.5) is 8.78 Å². The number of methoxy groups -OCH3 is 1. The van der Waals surface area contributed by atoms with Crippen LogP contribution in [0.3, 0.4) is 0 Å². The van der Waals surface area contributed by atoms with Crippen molar-refractivity contribution in [1.82, 2.24) is 0 Å². The van der Waals surface area contributed by atoms with E-state index in [1.54, 1.807) is 0 Å². The van der Waals surface area contributed by atoms with Crippen molar-refractivity contribution in [3.05, 3.63) is 28.8 Å². The Labute approximate surface area is 96.3 Å². The highest BCUT2D eigenvalue weighted by Gasteiger charge is 2.32. The van der Waals surface area contributed by atoms with Gasteiger partial charge in [0.15, 0.2) is 11.6 Å². The van der Waals surface area contributed by atoms with Gasteiger partial charge in [-0.05, 0) is 6.07 Å². The lowest BCUT2D eigenvalue weighted by Gasteiger charge is -2.09. The summed E-state index contributed by atoms with van der Waals surface area (Å²) < 4.78 is 36.6. The van der Waals surface area contributed by atoms with Crippen LogP contribution in [0.25, 0.3) is 0 Å². The van der Waals surface area contributed by atoms with Crippen LogP contribution in [-0.4, -0.2) is 25.7 Å². The number of nitrogens with two attached hydrogens (primary N) is 1. The summed E-state index contributed by atoms with van der Waals surface area (Å²) in [5, 5.41) is 0. The van der Waals surface area contributed by atoms with Crippen LogP contribution in [0.2, 0.25) is 0 Å². The van der Waals surface area contributed by atoms with E-state index in [2.05, 4.69) is 4.74 Å². The number of fused-ring (bicyclic) bond motifs is 1. The molecule has 0 fully saturated rings. The van der Waals surface area contributed by atoms with Crippen molar-refractivity contribution in [1.29, 1.82) is 0 Å². The maximum Gasteiger partial charge on any atom is 0.341 e. The van der Waals surface area contributed by atoms with Crippen molar-refractivity contribution in [3.8, 4) is 5.75 Å². The topological polar surface area (TPSA) is 61.5 Å². The second-order valence-electron chi connectivity index (χ2n) is 3.70. The highest BCUT2D eigenvalue weighted by atomic mass is 19.2. The summed E-state index contributed by atoms with van der Waals surface area (Å²) in [6.07, 6.45) is -0.288. The highest BCUT2D eigenvalue weighted by molar-refractivity contribution is 5.93. The Morgan fingerprint density at radius 2 is 2.35 bits per heavy atom. The summed E-state index contributed by atoms with van der Waals surface area (Å²) in [6.45, 7) is 0.163. The van der Waals surface area contributed by atoms with Crippen LogP contribution >= 0.6 is 0 Å². The first-order chi connectivity index (χ1) is 8.08. The van der Waals surface area contributed by atoms with Crippen LogP contribution in [0.1, 0.15) is 15.9 Å². The Bertz CT molecular complexity index is 476. The minimum absolute atomic E-state index is 0.0335. The summed E-state index contributed by atoms with van der Waals surface area (Å²) in [7, 11) is 1.16. The van der Waals surface area contributed by atoms with Gasteiger partial charge in [0.1, 0.15) is 17.4 Å². The summed E-state index contributed by atoms with van der Waals surface area (Å²) >= 11 is 0. The monoisotopic (exact) mass is 243 g/mol. The Morgan fingerprint density at radius 3 is 2.94 bits per heavy atom. The maximum absolute atomic E-state index is 13.5. The number of esters is 1. The molecule has 2 rings (SSSR count). The summed E-state index contributed by atoms with van der Waals surface area (Å²) in [5.74, 6) is -2.82. The van der Waals surface area contributed by atoms with Gasteiger partial charge in [0, 0.05) is 18.5 Å². The largest absolute Gasteiger partial charge is 0.487 e. The molecule has 0 aliphatic carbocycles. The molecule has 2 N–H and O–H groups in total. The molecular formula is C11H11F2NO3. The van der Waals surface area contributed by atoms with Crippen LogP contribution in [0.5, 0.6) is 5.75 Å². The minimum Gasteiger partial charge on any atom is -0.487 e. The number of rotatable bonds is 2. The predicted molar refractivity (Wildman–Crippen MR) is 54.9 cm³/mol. The second-order valence-corrected chi connectivity index (χ2v) is 3.70. The van der Waals surface area contributed by atoms with Crippen molar-refractivity contribution in [3.63, 3.8) is 0 Å². The third-order valence-electron chi connectivity index (χ3n) is 2.65. The molecule has 1 unspecified atom stereocenters. The molecule has 17 heavy (non-hydrogen) atoms. The lowest BCUT2D eigenvalue weighted by molar-refractivity contribution is 0.0594. The van der Waals surface area contributed by atoms with Gasteiger partial charge >= 0.3 is 5.97 Å². The number of hydrogen-bond donors (Lipinski definition) is 1. The number of benzene rings is 1. The van der Waals surface area contributed by atoms with Gasteiger partial charge in [0.25, 0.3) is 0 Å². The molecule has 1 aliphatic heterocycles. The van der Waals surface area contributed by atoms with Gasteiger partial charge in [-0.1, -0.05) is 0 Å². The molecule has 1 aromatic carbocycles. The van der Waals surface area contributed by atoms with Crippen LogP contribution in [0, 0.1) is 11.6 Å². The van der Waals surface area contributed by atoms with E-state index in [-0.39, 0.29) is 29.8 Å². The third-order valence-corrected chi connectivity index (χ3v) is 2.65. The highest BCUT2D eigenvalue weighted by Crippen LogP contribution is 2.36. The Morgan fingerprint density at radius 1 is 1.65 bits per heavy atom. The van der Waals surface area contributed by atoms with Gasteiger partial charge in [0.05, 0.1) is 7.11 Å². The Hall–Kier alpha value is -1.69. The molecule has 0 aromatic heterocycles. The molecule has 0 amide bonds. The summed E-state index contributed by atoms with van der Waals surface area (Å²) in [6, 6.07) is 0.777. The molecule has 4 nitrogen and oxygen atoms in total. The summed E-state index contributed by atoms with van der Waals surface area (Å²) in [5.41, 5.74) is 5.33. The fraction of sp³-hybridized carbons (Fsp3) is 0.364. The van der Waals surface area contributed by atoms with E-state index in [9.17, 15) is 13.6 Å². The van der Waals surface area contributed by atoms with Crippen LogP contribution < -0.4 is 10.5 Å². The zero-order valence-electron chi connectivity index (χ0n) is 9.13. The average Bonchev–Trinajstić information content (AvgIpc) is 2.77. The maximum atomic E-state index is 13.5. The van der Waals surface area contributed by atoms with Crippen molar-refractivity contribution in [2.45, 2.75) is 12.5 Å². The number of hydrogen-bond acceptors (Lipinski definition) is 4. The Kier molecular flexibility index (Phi) is 2.97. The molecular weight excluding hydrogens is 232 g/mol. The van der Waals surface area contributed by atoms with E-state index in [1.165, 1.54) is 0 Å². The van der Waals surface area contributed by atoms with E-state index in [0.717, 1.165) is 13.2 Å². The van der Waals surface area contributed by atoms with E-state index in [4.69, 9.17) is 10.5 Å². The van der Waals surface area contributed by atoms with Crippen molar-refractivity contribution in [2.24, 2.45) is 5.73 Å². The van der Waals surface area contributed by atoms with Gasteiger partial charge in [-0.2, -0.15) is 0 Å². The number of ether oxygens (including phenoxy) is 2. The second kappa shape index (κ2) is 4.29. The smallest absolute Gasteiger partial charge is 0.341 e. The number of carbonyl (C=O) groups is 1. The van der Waals surface area contributed by atoms with E-state index >= 15 is 0 Å². The zero-order valence-corrected chi connectivity index (χ0v) is 9.13. The molecule has 1 heterocycles. The third kappa shape index (κ3) is 1.84. The van der Waals surface area contributed by atoms with Gasteiger partial charge in [0.2, 0.25) is 0 Å². The SMILES string of the molecule is COC(=O)c1cc(F)c(F)c2c1OC(CN)C2. The van der Waals surface area contributed by atoms with Crippen LogP contribution in [-0.2, 0) is 11.2 Å². The molecule has 0 saturated heterocycles. The molecule has 0 saturated carbocycles. The normalized spacial score (nSPS) is 17.5. The quantitative estimate of drug-likeness (QED) is 0.787. The first-order valence-corrected chi connectivity index (χ1v) is 5.04. The molecule has 1 aliphatic rings. The molecule has 0 bridgehead atoms. The van der Waals surface area contributed by atoms with Crippen LogP contribution in [0.15, 0.2) is 6.07 Å². The first-order valence-electron chi connectivity index (χ1n) is 5.04. The molecule has 0 spiro atoms. The minimum atomic E-state index is -1.09. The van der Waals surface area contributed by atoms with Crippen molar-refractivity contribution in [2.75, 3.05) is 13.7 Å².